The van der Waals surface area contributed by atoms with Gasteiger partial charge in [0.25, 0.3) is 5.91 Å². The monoisotopic (exact) mass is 339 g/mol. The zero-order valence-electron chi connectivity index (χ0n) is 13.3. The van der Waals surface area contributed by atoms with Crippen molar-refractivity contribution in [3.8, 4) is 5.75 Å². The van der Waals surface area contributed by atoms with Gasteiger partial charge in [-0.2, -0.15) is 0 Å². The quantitative estimate of drug-likeness (QED) is 0.739. The van der Waals surface area contributed by atoms with Gasteiger partial charge in [-0.3, -0.25) is 4.79 Å². The van der Waals surface area contributed by atoms with Gasteiger partial charge in [-0.05, 0) is 41.5 Å². The van der Waals surface area contributed by atoms with Crippen molar-refractivity contribution in [1.29, 1.82) is 0 Å². The molecule has 0 spiro atoms. The second-order valence-electron chi connectivity index (χ2n) is 5.58. The third-order valence-electron chi connectivity index (χ3n) is 3.81. The molecule has 122 valence electrons. The van der Waals surface area contributed by atoms with Crippen LogP contribution in [0.3, 0.4) is 0 Å². The lowest BCUT2D eigenvalue weighted by molar-refractivity contribution is -0.127. The molecule has 3 aromatic rings. The normalized spacial score (nSPS) is 11.9. The standard InChI is InChI=1S/C20H18ClNO2/c1-14(20(23)22-13-17-8-4-5-9-19(17)21)24-18-11-10-15-6-2-3-7-16(15)12-18/h2-12,14H,13H2,1H3,(H,22,23). The van der Waals surface area contributed by atoms with Crippen molar-refractivity contribution in [1.82, 2.24) is 5.32 Å². The van der Waals surface area contributed by atoms with Crippen LogP contribution in [0.5, 0.6) is 5.75 Å². The van der Waals surface area contributed by atoms with E-state index in [0.717, 1.165) is 16.3 Å². The van der Waals surface area contributed by atoms with Crippen molar-refractivity contribution in [2.24, 2.45) is 0 Å². The Morgan fingerprint density at radius 2 is 1.75 bits per heavy atom. The van der Waals surface area contributed by atoms with E-state index in [2.05, 4.69) is 5.32 Å². The lowest BCUT2D eigenvalue weighted by Crippen LogP contribution is -2.35. The number of halogens is 1. The first-order valence-corrected chi connectivity index (χ1v) is 8.18. The molecule has 1 N–H and O–H groups in total. The molecule has 0 aliphatic heterocycles. The van der Waals surface area contributed by atoms with Crippen molar-refractivity contribution < 1.29 is 9.53 Å². The summed E-state index contributed by atoms with van der Waals surface area (Å²) in [7, 11) is 0. The van der Waals surface area contributed by atoms with Crippen molar-refractivity contribution in [2.45, 2.75) is 19.6 Å². The van der Waals surface area contributed by atoms with Gasteiger partial charge in [0.2, 0.25) is 0 Å². The van der Waals surface area contributed by atoms with Crippen LogP contribution in [0.15, 0.2) is 66.7 Å². The minimum atomic E-state index is -0.589. The van der Waals surface area contributed by atoms with E-state index in [1.54, 1.807) is 13.0 Å². The number of nitrogens with one attached hydrogen (secondary N) is 1. The number of hydrogen-bond donors (Lipinski definition) is 1. The molecule has 0 saturated heterocycles. The van der Waals surface area contributed by atoms with E-state index in [4.69, 9.17) is 16.3 Å². The molecule has 0 fully saturated rings. The highest BCUT2D eigenvalue weighted by atomic mass is 35.5. The van der Waals surface area contributed by atoms with Gasteiger partial charge in [0.1, 0.15) is 5.75 Å². The second-order valence-corrected chi connectivity index (χ2v) is 5.99. The van der Waals surface area contributed by atoms with E-state index in [-0.39, 0.29) is 5.91 Å². The molecule has 4 heteroatoms. The fraction of sp³-hybridized carbons (Fsp3) is 0.150. The molecule has 1 amide bonds. The molecule has 1 unspecified atom stereocenters. The Morgan fingerprint density at radius 1 is 1.04 bits per heavy atom. The first-order valence-electron chi connectivity index (χ1n) is 7.80. The predicted molar refractivity (Wildman–Crippen MR) is 97.3 cm³/mol. The SMILES string of the molecule is CC(Oc1ccc2ccccc2c1)C(=O)NCc1ccccc1Cl. The van der Waals surface area contributed by atoms with Crippen molar-refractivity contribution in [3.05, 3.63) is 77.3 Å². The van der Waals surface area contributed by atoms with E-state index < -0.39 is 6.10 Å². The minimum absolute atomic E-state index is 0.178. The highest BCUT2D eigenvalue weighted by Gasteiger charge is 2.15. The number of carbonyl (C=O) groups excluding carboxylic acids is 1. The highest BCUT2D eigenvalue weighted by Crippen LogP contribution is 2.21. The lowest BCUT2D eigenvalue weighted by Gasteiger charge is -2.15. The van der Waals surface area contributed by atoms with E-state index in [1.165, 1.54) is 0 Å². The summed E-state index contributed by atoms with van der Waals surface area (Å²) in [6, 6.07) is 21.3. The van der Waals surface area contributed by atoms with Crippen LogP contribution in [0.1, 0.15) is 12.5 Å². The Hall–Kier alpha value is -2.52. The summed E-state index contributed by atoms with van der Waals surface area (Å²) in [6.07, 6.45) is -0.589. The number of hydrogen-bond acceptors (Lipinski definition) is 2. The van der Waals surface area contributed by atoms with Crippen LogP contribution in [0.4, 0.5) is 0 Å². The molecule has 3 rings (SSSR count). The minimum Gasteiger partial charge on any atom is -0.481 e. The summed E-state index contributed by atoms with van der Waals surface area (Å²) in [4.78, 5) is 12.2. The van der Waals surface area contributed by atoms with Crippen LogP contribution in [-0.2, 0) is 11.3 Å². The summed E-state index contributed by atoms with van der Waals surface area (Å²) >= 11 is 6.09. The molecule has 0 saturated carbocycles. The van der Waals surface area contributed by atoms with Gasteiger partial charge in [-0.15, -0.1) is 0 Å². The lowest BCUT2D eigenvalue weighted by atomic mass is 10.1. The van der Waals surface area contributed by atoms with Crippen LogP contribution in [0.2, 0.25) is 5.02 Å². The Labute approximate surface area is 146 Å². The number of ether oxygens (including phenoxy) is 1. The van der Waals surface area contributed by atoms with Gasteiger partial charge in [-0.25, -0.2) is 0 Å². The molecule has 3 nitrogen and oxygen atoms in total. The molecule has 1 atom stereocenters. The zero-order valence-corrected chi connectivity index (χ0v) is 14.1. The first-order chi connectivity index (χ1) is 11.6. The molecule has 3 aromatic carbocycles. The topological polar surface area (TPSA) is 38.3 Å². The van der Waals surface area contributed by atoms with Crippen molar-refractivity contribution >= 4 is 28.3 Å². The van der Waals surface area contributed by atoms with E-state index in [9.17, 15) is 4.79 Å². The summed E-state index contributed by atoms with van der Waals surface area (Å²) in [5, 5.41) is 5.71. The van der Waals surface area contributed by atoms with Crippen LogP contribution in [0, 0.1) is 0 Å². The van der Waals surface area contributed by atoms with E-state index in [1.807, 2.05) is 60.7 Å². The van der Waals surface area contributed by atoms with Gasteiger partial charge in [0.15, 0.2) is 6.10 Å². The number of benzene rings is 3. The maximum atomic E-state index is 12.2. The molecule has 24 heavy (non-hydrogen) atoms. The van der Waals surface area contributed by atoms with Crippen molar-refractivity contribution in [2.75, 3.05) is 0 Å². The molecule has 0 heterocycles. The Morgan fingerprint density at radius 3 is 2.54 bits per heavy atom. The maximum absolute atomic E-state index is 12.2. The Balaban J connectivity index is 1.61. The number of rotatable bonds is 5. The van der Waals surface area contributed by atoms with E-state index in [0.29, 0.717) is 17.3 Å². The third-order valence-corrected chi connectivity index (χ3v) is 4.18. The largest absolute Gasteiger partial charge is 0.481 e. The average molecular weight is 340 g/mol. The summed E-state index contributed by atoms with van der Waals surface area (Å²) < 4.78 is 5.76. The van der Waals surface area contributed by atoms with Gasteiger partial charge in [0.05, 0.1) is 0 Å². The van der Waals surface area contributed by atoms with Gasteiger partial charge >= 0.3 is 0 Å². The van der Waals surface area contributed by atoms with Crippen LogP contribution >= 0.6 is 11.6 Å². The highest BCUT2D eigenvalue weighted by molar-refractivity contribution is 6.31. The Bertz CT molecular complexity index is 863. The maximum Gasteiger partial charge on any atom is 0.261 e. The third kappa shape index (κ3) is 3.87. The fourth-order valence-electron chi connectivity index (χ4n) is 2.47. The fourth-order valence-corrected chi connectivity index (χ4v) is 2.67. The van der Waals surface area contributed by atoms with Gasteiger partial charge in [-0.1, -0.05) is 60.1 Å². The number of fused-ring (bicyclic) bond motifs is 1. The van der Waals surface area contributed by atoms with E-state index >= 15 is 0 Å². The number of carbonyl (C=O) groups is 1. The summed E-state index contributed by atoms with van der Waals surface area (Å²) in [5.41, 5.74) is 0.880. The smallest absolute Gasteiger partial charge is 0.261 e. The zero-order chi connectivity index (χ0) is 16.9. The summed E-state index contributed by atoms with van der Waals surface area (Å²) in [6.45, 7) is 2.11. The molecular formula is C20H18ClNO2. The molecule has 0 aromatic heterocycles. The average Bonchev–Trinajstić information content (AvgIpc) is 2.60. The molecule has 0 aliphatic carbocycles. The first kappa shape index (κ1) is 16.3. The molecule has 0 bridgehead atoms. The number of amides is 1. The Kier molecular flexibility index (Phi) is 5.02. The van der Waals surface area contributed by atoms with Crippen LogP contribution < -0.4 is 10.1 Å². The van der Waals surface area contributed by atoms with Gasteiger partial charge in [0, 0.05) is 11.6 Å². The molecule has 0 aliphatic rings. The predicted octanol–water partition coefficient (Wildman–Crippen LogP) is 4.58. The van der Waals surface area contributed by atoms with Crippen LogP contribution in [0.25, 0.3) is 10.8 Å². The second kappa shape index (κ2) is 7.37. The van der Waals surface area contributed by atoms with Crippen molar-refractivity contribution in [3.63, 3.8) is 0 Å². The summed E-state index contributed by atoms with van der Waals surface area (Å²) in [5.74, 6) is 0.497. The van der Waals surface area contributed by atoms with Gasteiger partial charge < -0.3 is 10.1 Å². The molecule has 0 radical (unpaired) electrons. The van der Waals surface area contributed by atoms with Crippen LogP contribution in [-0.4, -0.2) is 12.0 Å². The molecular weight excluding hydrogens is 322 g/mol.